The number of aliphatic hydroxyl groups excluding tert-OH is 1. The number of alkyl halides is 1. The summed E-state index contributed by atoms with van der Waals surface area (Å²) in [7, 11) is 0. The van der Waals surface area contributed by atoms with E-state index in [9.17, 15) is 15.0 Å². The fourth-order valence-electron chi connectivity index (χ4n) is 3.98. The number of ether oxygens (including phenoxy) is 2. The van der Waals surface area contributed by atoms with E-state index in [0.717, 1.165) is 17.2 Å². The van der Waals surface area contributed by atoms with Gasteiger partial charge in [-0.25, -0.2) is 9.18 Å². The van der Waals surface area contributed by atoms with Crippen LogP contribution in [0.2, 0.25) is 0 Å². The van der Waals surface area contributed by atoms with Crippen LogP contribution in [0, 0.1) is 5.92 Å². The molecule has 0 saturated carbocycles. The monoisotopic (exact) mass is 460 g/mol. The third-order valence-electron chi connectivity index (χ3n) is 5.71. The summed E-state index contributed by atoms with van der Waals surface area (Å²) in [5, 5.41) is 20.5. The highest BCUT2D eigenvalue weighted by atomic mass is 19.2. The molecule has 0 radical (unpaired) electrons. The average Bonchev–Trinajstić information content (AvgIpc) is 2.86. The molecule has 1 aliphatic rings. The molecular formula is C28H25FO5. The van der Waals surface area contributed by atoms with E-state index in [0.29, 0.717) is 5.56 Å². The molecule has 0 aliphatic heterocycles. The van der Waals surface area contributed by atoms with Crippen molar-refractivity contribution in [1.82, 2.24) is 0 Å². The number of rotatable bonds is 9. The smallest absolute Gasteiger partial charge is 0.332 e. The first-order chi connectivity index (χ1) is 16.5. The molecule has 1 aliphatic carbocycles. The fraction of sp³-hybridized carbons (Fsp3) is 0.179. The second-order valence-corrected chi connectivity index (χ2v) is 8.06. The Labute approximate surface area is 197 Å². The summed E-state index contributed by atoms with van der Waals surface area (Å²) in [5.74, 6) is -6.34. The average molecular weight is 461 g/mol. The van der Waals surface area contributed by atoms with Gasteiger partial charge in [0.15, 0.2) is 5.76 Å². The van der Waals surface area contributed by atoms with Gasteiger partial charge in [-0.2, -0.15) is 0 Å². The SMILES string of the molecule is O=C(O)C1=CC(O)=C(OCc2ccccc2)C(F)(OCc2ccccc2)C1Cc1ccccc1. The number of hydrogen-bond acceptors (Lipinski definition) is 4. The Bertz CT molecular complexity index is 1180. The lowest BCUT2D eigenvalue weighted by molar-refractivity contribution is -0.188. The Balaban J connectivity index is 1.73. The van der Waals surface area contributed by atoms with E-state index in [1.165, 1.54) is 0 Å². The number of benzene rings is 3. The zero-order valence-electron chi connectivity index (χ0n) is 18.4. The van der Waals surface area contributed by atoms with E-state index in [4.69, 9.17) is 9.47 Å². The fourth-order valence-corrected chi connectivity index (χ4v) is 3.98. The van der Waals surface area contributed by atoms with Crippen LogP contribution in [0.15, 0.2) is 114 Å². The van der Waals surface area contributed by atoms with Gasteiger partial charge in [0.25, 0.3) is 5.85 Å². The van der Waals surface area contributed by atoms with Gasteiger partial charge in [0.2, 0.25) is 5.76 Å². The van der Waals surface area contributed by atoms with Crippen LogP contribution >= 0.6 is 0 Å². The number of hydrogen-bond donors (Lipinski definition) is 2. The van der Waals surface area contributed by atoms with Gasteiger partial charge in [0, 0.05) is 0 Å². The third-order valence-corrected chi connectivity index (χ3v) is 5.71. The van der Waals surface area contributed by atoms with Gasteiger partial charge in [0.1, 0.15) is 6.61 Å². The minimum Gasteiger partial charge on any atom is -0.504 e. The maximum Gasteiger partial charge on any atom is 0.332 e. The number of carboxylic acids is 1. The van der Waals surface area contributed by atoms with Crippen molar-refractivity contribution in [2.24, 2.45) is 5.92 Å². The van der Waals surface area contributed by atoms with Gasteiger partial charge < -0.3 is 19.7 Å². The topological polar surface area (TPSA) is 76.0 Å². The molecule has 0 amide bonds. The van der Waals surface area contributed by atoms with E-state index in [2.05, 4.69) is 0 Å². The van der Waals surface area contributed by atoms with Crippen LogP contribution in [0.25, 0.3) is 0 Å². The van der Waals surface area contributed by atoms with Crippen LogP contribution < -0.4 is 0 Å². The van der Waals surface area contributed by atoms with Gasteiger partial charge in [-0.1, -0.05) is 91.0 Å². The predicted octanol–water partition coefficient (Wildman–Crippen LogP) is 5.74. The van der Waals surface area contributed by atoms with E-state index in [1.54, 1.807) is 48.5 Å². The number of aliphatic hydroxyl groups is 1. The summed E-state index contributed by atoms with van der Waals surface area (Å²) in [6.45, 7) is -0.157. The standard InChI is InChI=1S/C28H25FO5/c29-28(34-19-22-14-8-3-9-15-22)24(16-20-10-4-1-5-11-20)23(27(31)32)17-25(30)26(28)33-18-21-12-6-2-7-13-21/h1-15,17,24,30H,16,18-19H2,(H,31,32). The van der Waals surface area contributed by atoms with Crippen LogP contribution in [0.4, 0.5) is 4.39 Å². The summed E-state index contributed by atoms with van der Waals surface area (Å²) in [4.78, 5) is 12.1. The van der Waals surface area contributed by atoms with Gasteiger partial charge >= 0.3 is 5.97 Å². The largest absolute Gasteiger partial charge is 0.504 e. The first kappa shape index (κ1) is 23.3. The summed E-state index contributed by atoms with van der Waals surface area (Å²) < 4.78 is 28.5. The van der Waals surface area contributed by atoms with Crippen molar-refractivity contribution in [3.63, 3.8) is 0 Å². The quantitative estimate of drug-likeness (QED) is 0.426. The number of carbonyl (C=O) groups is 1. The molecule has 3 aromatic carbocycles. The Hall–Kier alpha value is -3.90. The van der Waals surface area contributed by atoms with Crippen LogP contribution in [-0.2, 0) is 33.9 Å². The van der Waals surface area contributed by atoms with Crippen molar-refractivity contribution >= 4 is 5.97 Å². The molecule has 0 aromatic heterocycles. The van der Waals surface area contributed by atoms with Gasteiger partial charge in [-0.3, -0.25) is 0 Å². The highest BCUT2D eigenvalue weighted by molar-refractivity contribution is 5.88. The predicted molar refractivity (Wildman–Crippen MR) is 125 cm³/mol. The minimum absolute atomic E-state index is 0.0189. The molecule has 0 heterocycles. The number of halogens is 1. The number of aliphatic carboxylic acids is 1. The van der Waals surface area contributed by atoms with Crippen LogP contribution in [0.3, 0.4) is 0 Å². The molecule has 4 rings (SSSR count). The molecule has 6 heteroatoms. The van der Waals surface area contributed by atoms with E-state index < -0.39 is 29.3 Å². The maximum atomic E-state index is 17.0. The summed E-state index contributed by atoms with van der Waals surface area (Å²) in [6, 6.07) is 27.1. The van der Waals surface area contributed by atoms with Crippen molar-refractivity contribution in [2.45, 2.75) is 25.5 Å². The second-order valence-electron chi connectivity index (χ2n) is 8.06. The molecule has 2 atom stereocenters. The van der Waals surface area contributed by atoms with E-state index in [-0.39, 0.29) is 25.2 Å². The van der Waals surface area contributed by atoms with Crippen molar-refractivity contribution in [1.29, 1.82) is 0 Å². The Morgan fingerprint density at radius 3 is 1.85 bits per heavy atom. The zero-order chi connectivity index (χ0) is 24.0. The molecule has 0 saturated heterocycles. The van der Waals surface area contributed by atoms with Gasteiger partial charge in [-0.15, -0.1) is 0 Å². The van der Waals surface area contributed by atoms with Gasteiger partial charge in [-0.05, 0) is 29.2 Å². The van der Waals surface area contributed by atoms with Crippen LogP contribution in [-0.4, -0.2) is 22.0 Å². The normalized spacial score (nSPS) is 20.0. The van der Waals surface area contributed by atoms with Crippen molar-refractivity contribution in [3.05, 3.63) is 131 Å². The zero-order valence-corrected chi connectivity index (χ0v) is 18.4. The Kier molecular flexibility index (Phi) is 7.09. The lowest BCUT2D eigenvalue weighted by atomic mass is 9.80. The molecule has 3 aromatic rings. The lowest BCUT2D eigenvalue weighted by Gasteiger charge is -2.38. The van der Waals surface area contributed by atoms with Gasteiger partial charge in [0.05, 0.1) is 18.1 Å². The molecule has 0 bridgehead atoms. The van der Waals surface area contributed by atoms with Crippen LogP contribution in [0.1, 0.15) is 16.7 Å². The first-order valence-electron chi connectivity index (χ1n) is 10.9. The molecule has 2 unspecified atom stereocenters. The van der Waals surface area contributed by atoms with Crippen molar-refractivity contribution < 1.29 is 28.9 Å². The molecule has 174 valence electrons. The lowest BCUT2D eigenvalue weighted by Crippen LogP contribution is -2.45. The molecule has 0 fully saturated rings. The summed E-state index contributed by atoms with van der Waals surface area (Å²) in [6.07, 6.45) is 1.09. The Morgan fingerprint density at radius 1 is 0.824 bits per heavy atom. The molecular weight excluding hydrogens is 435 g/mol. The molecule has 0 spiro atoms. The van der Waals surface area contributed by atoms with Crippen molar-refractivity contribution in [3.8, 4) is 0 Å². The minimum atomic E-state index is -2.72. The second kappa shape index (κ2) is 10.4. The highest BCUT2D eigenvalue weighted by Gasteiger charge is 2.53. The van der Waals surface area contributed by atoms with Crippen LogP contribution in [0.5, 0.6) is 0 Å². The third kappa shape index (κ3) is 5.18. The Morgan fingerprint density at radius 2 is 1.32 bits per heavy atom. The number of carboxylic acid groups (broad SMARTS) is 1. The molecule has 2 N–H and O–H groups in total. The summed E-state index contributed by atoms with van der Waals surface area (Å²) in [5.41, 5.74) is 1.91. The van der Waals surface area contributed by atoms with E-state index in [1.807, 2.05) is 42.5 Å². The molecule has 5 nitrogen and oxygen atoms in total. The first-order valence-corrected chi connectivity index (χ1v) is 10.9. The number of allylic oxidation sites excluding steroid dienone is 1. The summed E-state index contributed by atoms with van der Waals surface area (Å²) >= 11 is 0. The molecule has 34 heavy (non-hydrogen) atoms. The van der Waals surface area contributed by atoms with Crippen molar-refractivity contribution in [2.75, 3.05) is 0 Å². The van der Waals surface area contributed by atoms with E-state index >= 15 is 4.39 Å². The maximum absolute atomic E-state index is 17.0. The highest BCUT2D eigenvalue weighted by Crippen LogP contribution is 2.45.